The van der Waals surface area contributed by atoms with Gasteiger partial charge in [-0.2, -0.15) is 0 Å². The van der Waals surface area contributed by atoms with Gasteiger partial charge in [-0.1, -0.05) is 0 Å². The summed E-state index contributed by atoms with van der Waals surface area (Å²) >= 11 is 0. The Morgan fingerprint density at radius 3 is 2.74 bits per heavy atom. The van der Waals surface area contributed by atoms with Crippen molar-refractivity contribution in [3.8, 4) is 0 Å². The van der Waals surface area contributed by atoms with E-state index in [0.717, 1.165) is 44.7 Å². The molecule has 0 bridgehead atoms. The number of aromatic nitrogens is 1. The molecule has 3 fully saturated rings. The van der Waals surface area contributed by atoms with Gasteiger partial charge in [0, 0.05) is 51.3 Å². The molecular weight excluding hydrogens is 294 g/mol. The predicted octanol–water partition coefficient (Wildman–Crippen LogP) is 0.672. The van der Waals surface area contributed by atoms with E-state index in [9.17, 15) is 4.79 Å². The van der Waals surface area contributed by atoms with Crippen molar-refractivity contribution in [3.05, 3.63) is 30.1 Å². The quantitative estimate of drug-likeness (QED) is 0.820. The van der Waals surface area contributed by atoms with Crippen LogP contribution in [0.15, 0.2) is 24.5 Å². The number of amides is 1. The van der Waals surface area contributed by atoms with E-state index in [2.05, 4.69) is 9.88 Å². The molecule has 1 aromatic heterocycles. The number of rotatable bonds is 3. The number of likely N-dealkylation sites (tertiary alicyclic amines) is 1. The summed E-state index contributed by atoms with van der Waals surface area (Å²) in [7, 11) is 0. The van der Waals surface area contributed by atoms with Gasteiger partial charge >= 0.3 is 0 Å². The van der Waals surface area contributed by atoms with E-state index in [4.69, 9.17) is 9.47 Å². The van der Waals surface area contributed by atoms with Crippen molar-refractivity contribution in [2.75, 3.05) is 32.9 Å². The number of nitrogens with zero attached hydrogens (tertiary/aromatic N) is 3. The maximum Gasteiger partial charge on any atom is 0.249 e. The van der Waals surface area contributed by atoms with Crippen LogP contribution in [0.3, 0.4) is 0 Å². The Morgan fingerprint density at radius 2 is 1.96 bits per heavy atom. The molecule has 3 saturated heterocycles. The molecule has 3 aliphatic rings. The average Bonchev–Trinajstić information content (AvgIpc) is 3.04. The fraction of sp³-hybridized carbons (Fsp3) is 0.647. The van der Waals surface area contributed by atoms with E-state index < -0.39 is 0 Å². The van der Waals surface area contributed by atoms with Crippen molar-refractivity contribution in [1.82, 2.24) is 14.8 Å². The van der Waals surface area contributed by atoms with Gasteiger partial charge < -0.3 is 14.4 Å². The van der Waals surface area contributed by atoms with Gasteiger partial charge in [0.05, 0.1) is 12.1 Å². The first-order chi connectivity index (χ1) is 11.3. The van der Waals surface area contributed by atoms with Gasteiger partial charge in [-0.3, -0.25) is 14.7 Å². The minimum Gasteiger partial charge on any atom is -0.381 e. The molecule has 4 rings (SSSR count). The molecule has 0 unspecified atom stereocenters. The van der Waals surface area contributed by atoms with Crippen molar-refractivity contribution < 1.29 is 14.3 Å². The highest BCUT2D eigenvalue weighted by Gasteiger charge is 2.44. The third kappa shape index (κ3) is 3.11. The fourth-order valence-corrected chi connectivity index (χ4v) is 3.93. The molecule has 0 N–H and O–H groups in total. The van der Waals surface area contributed by atoms with E-state index in [1.54, 1.807) is 12.4 Å². The maximum absolute atomic E-state index is 12.4. The van der Waals surface area contributed by atoms with Crippen molar-refractivity contribution in [3.63, 3.8) is 0 Å². The van der Waals surface area contributed by atoms with Crippen molar-refractivity contribution in [2.24, 2.45) is 0 Å². The topological polar surface area (TPSA) is 54.9 Å². The van der Waals surface area contributed by atoms with Crippen LogP contribution in [-0.2, 0) is 20.8 Å². The molecule has 3 aliphatic heterocycles. The molecule has 4 heterocycles. The Labute approximate surface area is 136 Å². The molecule has 1 aromatic rings. The average molecular weight is 317 g/mol. The van der Waals surface area contributed by atoms with Crippen LogP contribution >= 0.6 is 0 Å². The Morgan fingerprint density at radius 1 is 1.17 bits per heavy atom. The second-order valence-electron chi connectivity index (χ2n) is 6.59. The second-order valence-corrected chi connectivity index (χ2v) is 6.59. The van der Waals surface area contributed by atoms with Gasteiger partial charge in [0.25, 0.3) is 0 Å². The van der Waals surface area contributed by atoms with Crippen LogP contribution in [0.25, 0.3) is 0 Å². The summed E-state index contributed by atoms with van der Waals surface area (Å²) in [6.45, 7) is 4.37. The van der Waals surface area contributed by atoms with Gasteiger partial charge in [0.15, 0.2) is 0 Å². The highest BCUT2D eigenvalue weighted by molar-refractivity contribution is 5.78. The molecule has 124 valence electrons. The maximum atomic E-state index is 12.4. The van der Waals surface area contributed by atoms with Gasteiger partial charge in [0.1, 0.15) is 6.61 Å². The molecule has 23 heavy (non-hydrogen) atoms. The number of pyridine rings is 1. The lowest BCUT2D eigenvalue weighted by atomic mass is 10.1. The molecule has 0 aliphatic carbocycles. The summed E-state index contributed by atoms with van der Waals surface area (Å²) < 4.78 is 11.3. The third-order valence-electron chi connectivity index (χ3n) is 5.22. The molecule has 0 spiro atoms. The number of morpholine rings is 1. The third-order valence-corrected chi connectivity index (χ3v) is 5.22. The summed E-state index contributed by atoms with van der Waals surface area (Å²) in [5.74, 6) is 0.0943. The Balaban J connectivity index is 1.47. The first kappa shape index (κ1) is 15.1. The minimum atomic E-state index is 0.0943. The van der Waals surface area contributed by atoms with Gasteiger partial charge in [-0.05, 0) is 30.5 Å². The standard InChI is InChI=1S/C17H23N3O3/c21-17-12-23-16-11-19(14-3-7-22-8-4-14)10-15(16)20(17)9-13-1-5-18-6-2-13/h1-2,5-6,14-16H,3-4,7-12H2/t15-,16+/m1/s1. The highest BCUT2D eigenvalue weighted by Crippen LogP contribution is 2.28. The van der Waals surface area contributed by atoms with Gasteiger partial charge in [-0.15, -0.1) is 0 Å². The summed E-state index contributed by atoms with van der Waals surface area (Å²) in [5, 5.41) is 0. The lowest BCUT2D eigenvalue weighted by molar-refractivity contribution is -0.153. The zero-order chi connectivity index (χ0) is 15.6. The largest absolute Gasteiger partial charge is 0.381 e. The van der Waals surface area contributed by atoms with Crippen LogP contribution in [0, 0.1) is 0 Å². The summed E-state index contributed by atoms with van der Waals surface area (Å²) in [4.78, 5) is 20.9. The summed E-state index contributed by atoms with van der Waals surface area (Å²) in [6.07, 6.45) is 5.86. The molecule has 0 aromatic carbocycles. The molecule has 2 atom stereocenters. The number of ether oxygens (including phenoxy) is 2. The van der Waals surface area contributed by atoms with E-state index in [0.29, 0.717) is 12.6 Å². The van der Waals surface area contributed by atoms with Crippen molar-refractivity contribution >= 4 is 5.91 Å². The van der Waals surface area contributed by atoms with Crippen LogP contribution < -0.4 is 0 Å². The van der Waals surface area contributed by atoms with Crippen molar-refractivity contribution in [2.45, 2.75) is 37.6 Å². The number of hydrogen-bond donors (Lipinski definition) is 0. The summed E-state index contributed by atoms with van der Waals surface area (Å²) in [6, 6.07) is 4.68. The molecule has 0 radical (unpaired) electrons. The summed E-state index contributed by atoms with van der Waals surface area (Å²) in [5.41, 5.74) is 1.12. The van der Waals surface area contributed by atoms with E-state index in [1.165, 1.54) is 0 Å². The Kier molecular flexibility index (Phi) is 4.29. The van der Waals surface area contributed by atoms with E-state index in [1.807, 2.05) is 17.0 Å². The molecule has 6 nitrogen and oxygen atoms in total. The van der Waals surface area contributed by atoms with Gasteiger partial charge in [0.2, 0.25) is 5.91 Å². The van der Waals surface area contributed by atoms with Crippen LogP contribution in [0.1, 0.15) is 18.4 Å². The van der Waals surface area contributed by atoms with Crippen LogP contribution in [0.2, 0.25) is 0 Å². The smallest absolute Gasteiger partial charge is 0.249 e. The zero-order valence-corrected chi connectivity index (χ0v) is 13.3. The van der Waals surface area contributed by atoms with Crippen LogP contribution in [-0.4, -0.2) is 71.8 Å². The van der Waals surface area contributed by atoms with Crippen LogP contribution in [0.4, 0.5) is 0 Å². The fourth-order valence-electron chi connectivity index (χ4n) is 3.93. The van der Waals surface area contributed by atoms with E-state index in [-0.39, 0.29) is 24.7 Å². The zero-order valence-electron chi connectivity index (χ0n) is 13.3. The SMILES string of the molecule is O=C1CO[C@H]2CN(C3CCOCC3)C[C@H]2N1Cc1ccncc1. The number of carbonyl (C=O) groups is 1. The number of carbonyl (C=O) groups excluding carboxylic acids is 1. The number of fused-ring (bicyclic) bond motifs is 1. The second kappa shape index (κ2) is 6.55. The monoisotopic (exact) mass is 317 g/mol. The lowest BCUT2D eigenvalue weighted by Gasteiger charge is -2.37. The van der Waals surface area contributed by atoms with Gasteiger partial charge in [-0.25, -0.2) is 0 Å². The molecular formula is C17H23N3O3. The molecule has 6 heteroatoms. The first-order valence-corrected chi connectivity index (χ1v) is 8.43. The minimum absolute atomic E-state index is 0.0943. The van der Waals surface area contributed by atoms with Crippen LogP contribution in [0.5, 0.6) is 0 Å². The molecule has 1 amide bonds. The van der Waals surface area contributed by atoms with Crippen molar-refractivity contribution in [1.29, 1.82) is 0 Å². The molecule has 0 saturated carbocycles. The predicted molar refractivity (Wildman–Crippen MR) is 83.7 cm³/mol. The Bertz CT molecular complexity index is 547. The first-order valence-electron chi connectivity index (χ1n) is 8.43. The Hall–Kier alpha value is -1.50. The lowest BCUT2D eigenvalue weighted by Crippen LogP contribution is -2.53. The highest BCUT2D eigenvalue weighted by atomic mass is 16.5. The van der Waals surface area contributed by atoms with E-state index >= 15 is 0 Å². The normalized spacial score (nSPS) is 29.7. The number of hydrogen-bond acceptors (Lipinski definition) is 5.